The van der Waals surface area contributed by atoms with Crippen LogP contribution in [0.1, 0.15) is 39.6 Å². The molecule has 0 aromatic heterocycles. The Morgan fingerprint density at radius 1 is 1.00 bits per heavy atom. The third-order valence-corrected chi connectivity index (χ3v) is 4.47. The van der Waals surface area contributed by atoms with E-state index in [2.05, 4.69) is 5.32 Å². The summed E-state index contributed by atoms with van der Waals surface area (Å²) in [6, 6.07) is 15.6. The minimum atomic E-state index is -1.20. The van der Waals surface area contributed by atoms with Gasteiger partial charge in [-0.2, -0.15) is 0 Å². The molecule has 3 rings (SSSR count). The molecule has 2 aromatic carbocycles. The van der Waals surface area contributed by atoms with Crippen LogP contribution in [0, 0.1) is 0 Å². The van der Waals surface area contributed by atoms with E-state index in [9.17, 15) is 19.5 Å². The fourth-order valence-corrected chi connectivity index (χ4v) is 2.91. The smallest absolute Gasteiger partial charge is 0.261 e. The number of hydrogen-bond donors (Lipinski definition) is 2. The van der Waals surface area contributed by atoms with Crippen molar-refractivity contribution < 1.29 is 19.5 Å². The van der Waals surface area contributed by atoms with Gasteiger partial charge in [-0.25, -0.2) is 0 Å². The van der Waals surface area contributed by atoms with E-state index >= 15 is 0 Å². The van der Waals surface area contributed by atoms with Crippen LogP contribution in [-0.4, -0.2) is 40.8 Å². The maximum Gasteiger partial charge on any atom is 0.261 e. The molecule has 0 aliphatic carbocycles. The molecule has 1 atom stereocenters. The van der Waals surface area contributed by atoms with Crippen LogP contribution in [0.15, 0.2) is 54.6 Å². The lowest BCUT2D eigenvalue weighted by molar-refractivity contribution is -0.122. The van der Waals surface area contributed by atoms with Gasteiger partial charge in [0, 0.05) is 13.0 Å². The molecule has 3 amide bonds. The van der Waals surface area contributed by atoms with Gasteiger partial charge in [0.25, 0.3) is 11.8 Å². The minimum absolute atomic E-state index is 0.00561. The van der Waals surface area contributed by atoms with Gasteiger partial charge < -0.3 is 10.4 Å². The van der Waals surface area contributed by atoms with Crippen molar-refractivity contribution in [3.8, 4) is 0 Å². The van der Waals surface area contributed by atoms with Gasteiger partial charge in [0.15, 0.2) is 0 Å². The highest BCUT2D eigenvalue weighted by Crippen LogP contribution is 2.22. The predicted molar refractivity (Wildman–Crippen MR) is 95.4 cm³/mol. The molecule has 1 aliphatic rings. The van der Waals surface area contributed by atoms with Crippen molar-refractivity contribution in [2.75, 3.05) is 13.1 Å². The van der Waals surface area contributed by atoms with Crippen molar-refractivity contribution in [1.29, 1.82) is 0 Å². The van der Waals surface area contributed by atoms with Crippen LogP contribution in [0.5, 0.6) is 0 Å². The zero-order valence-electron chi connectivity index (χ0n) is 14.4. The lowest BCUT2D eigenvalue weighted by Crippen LogP contribution is -2.40. The van der Waals surface area contributed by atoms with E-state index in [4.69, 9.17) is 0 Å². The summed E-state index contributed by atoms with van der Waals surface area (Å²) >= 11 is 0. The van der Waals surface area contributed by atoms with Gasteiger partial charge in [-0.1, -0.05) is 42.5 Å². The van der Waals surface area contributed by atoms with Crippen molar-refractivity contribution in [1.82, 2.24) is 10.2 Å². The molecule has 0 saturated heterocycles. The fraction of sp³-hybridized carbons (Fsp3) is 0.250. The Bertz CT molecular complexity index is 811. The van der Waals surface area contributed by atoms with E-state index < -0.39 is 5.60 Å². The highest BCUT2D eigenvalue weighted by molar-refractivity contribution is 6.21. The summed E-state index contributed by atoms with van der Waals surface area (Å²) in [7, 11) is 0. The molecule has 6 nitrogen and oxygen atoms in total. The van der Waals surface area contributed by atoms with Crippen molar-refractivity contribution in [2.24, 2.45) is 0 Å². The molecule has 1 aliphatic heterocycles. The summed E-state index contributed by atoms with van der Waals surface area (Å²) in [4.78, 5) is 37.7. The van der Waals surface area contributed by atoms with Gasteiger partial charge in [0.05, 0.1) is 17.7 Å². The Morgan fingerprint density at radius 3 is 2.12 bits per heavy atom. The van der Waals surface area contributed by atoms with Crippen LogP contribution in [0.25, 0.3) is 0 Å². The minimum Gasteiger partial charge on any atom is -0.384 e. The zero-order chi connectivity index (χ0) is 18.7. The van der Waals surface area contributed by atoms with Crippen LogP contribution in [0.2, 0.25) is 0 Å². The Labute approximate surface area is 151 Å². The second-order valence-corrected chi connectivity index (χ2v) is 6.47. The average molecular weight is 352 g/mol. The van der Waals surface area contributed by atoms with E-state index in [0.29, 0.717) is 16.7 Å². The number of amides is 3. The molecule has 134 valence electrons. The van der Waals surface area contributed by atoms with Crippen LogP contribution in [0.3, 0.4) is 0 Å². The topological polar surface area (TPSA) is 86.7 Å². The van der Waals surface area contributed by atoms with E-state index in [1.807, 2.05) is 18.2 Å². The van der Waals surface area contributed by atoms with E-state index in [1.54, 1.807) is 43.3 Å². The Kier molecular flexibility index (Phi) is 4.86. The molecule has 0 radical (unpaired) electrons. The Morgan fingerprint density at radius 2 is 1.54 bits per heavy atom. The third kappa shape index (κ3) is 3.50. The Balaban J connectivity index is 1.54. The van der Waals surface area contributed by atoms with Crippen LogP contribution in [0.4, 0.5) is 0 Å². The number of imide groups is 1. The molecule has 2 aromatic rings. The van der Waals surface area contributed by atoms with Gasteiger partial charge in [-0.3, -0.25) is 19.3 Å². The normalized spacial score (nSPS) is 15.5. The van der Waals surface area contributed by atoms with E-state index in [-0.39, 0.29) is 37.2 Å². The lowest BCUT2D eigenvalue weighted by atomic mass is 9.96. The maximum atomic E-state index is 12.3. The first-order valence-electron chi connectivity index (χ1n) is 8.40. The standard InChI is InChI=1S/C20H20N2O4/c1-20(26,14-7-3-2-4-8-14)13-21-17(23)11-12-22-18(24)15-9-5-6-10-16(15)19(22)25/h2-10,26H,11-13H2,1H3,(H,21,23). The lowest BCUT2D eigenvalue weighted by Gasteiger charge is -2.24. The van der Waals surface area contributed by atoms with Gasteiger partial charge in [0.2, 0.25) is 5.91 Å². The van der Waals surface area contributed by atoms with Crippen LogP contribution < -0.4 is 5.32 Å². The van der Waals surface area contributed by atoms with Crippen molar-refractivity contribution in [3.05, 3.63) is 71.3 Å². The van der Waals surface area contributed by atoms with Gasteiger partial charge in [-0.15, -0.1) is 0 Å². The predicted octanol–water partition coefficient (Wildman–Crippen LogP) is 1.70. The van der Waals surface area contributed by atoms with Gasteiger partial charge in [0.1, 0.15) is 5.60 Å². The van der Waals surface area contributed by atoms with Gasteiger partial charge in [-0.05, 0) is 24.6 Å². The summed E-state index contributed by atoms with van der Waals surface area (Å²) < 4.78 is 0. The Hall–Kier alpha value is -2.99. The molecule has 26 heavy (non-hydrogen) atoms. The summed E-state index contributed by atoms with van der Waals surface area (Å²) in [5.74, 6) is -1.10. The SMILES string of the molecule is CC(O)(CNC(=O)CCN1C(=O)c2ccccc2C1=O)c1ccccc1. The number of carbonyl (C=O) groups excluding carboxylic acids is 3. The highest BCUT2D eigenvalue weighted by atomic mass is 16.3. The molecule has 1 unspecified atom stereocenters. The third-order valence-electron chi connectivity index (χ3n) is 4.47. The molecular formula is C20H20N2O4. The number of fused-ring (bicyclic) bond motifs is 1. The molecular weight excluding hydrogens is 332 g/mol. The molecule has 0 saturated carbocycles. The average Bonchev–Trinajstić information content (AvgIpc) is 2.90. The number of rotatable bonds is 6. The largest absolute Gasteiger partial charge is 0.384 e. The van der Waals surface area contributed by atoms with Crippen LogP contribution in [-0.2, 0) is 10.4 Å². The highest BCUT2D eigenvalue weighted by Gasteiger charge is 2.35. The number of carbonyl (C=O) groups is 3. The molecule has 0 spiro atoms. The number of aliphatic hydroxyl groups is 1. The zero-order valence-corrected chi connectivity index (χ0v) is 14.4. The molecule has 2 N–H and O–H groups in total. The summed E-state index contributed by atoms with van der Waals surface area (Å²) in [5, 5.41) is 13.1. The molecule has 0 fully saturated rings. The number of nitrogens with zero attached hydrogens (tertiary/aromatic N) is 1. The summed E-state index contributed by atoms with van der Waals surface area (Å²) in [6.07, 6.45) is -0.0175. The molecule has 0 bridgehead atoms. The second kappa shape index (κ2) is 7.09. The van der Waals surface area contributed by atoms with Gasteiger partial charge >= 0.3 is 0 Å². The van der Waals surface area contributed by atoms with Crippen molar-refractivity contribution >= 4 is 17.7 Å². The number of hydrogen-bond acceptors (Lipinski definition) is 4. The molecule has 1 heterocycles. The van der Waals surface area contributed by atoms with Crippen molar-refractivity contribution in [2.45, 2.75) is 18.9 Å². The van der Waals surface area contributed by atoms with Crippen molar-refractivity contribution in [3.63, 3.8) is 0 Å². The first-order valence-corrected chi connectivity index (χ1v) is 8.40. The van der Waals surface area contributed by atoms with Crippen LogP contribution >= 0.6 is 0 Å². The first-order chi connectivity index (χ1) is 12.4. The number of benzene rings is 2. The quantitative estimate of drug-likeness (QED) is 0.775. The molecule has 6 heteroatoms. The van der Waals surface area contributed by atoms with E-state index in [0.717, 1.165) is 4.90 Å². The summed E-state index contributed by atoms with van der Waals surface area (Å²) in [5.41, 5.74) is 0.224. The monoisotopic (exact) mass is 352 g/mol. The number of nitrogens with one attached hydrogen (secondary N) is 1. The maximum absolute atomic E-state index is 12.3. The second-order valence-electron chi connectivity index (χ2n) is 6.47. The fourth-order valence-electron chi connectivity index (χ4n) is 2.91. The first kappa shape index (κ1) is 17.8. The van der Waals surface area contributed by atoms with E-state index in [1.165, 1.54) is 0 Å². The summed E-state index contributed by atoms with van der Waals surface area (Å²) in [6.45, 7) is 1.66.